The molecule has 0 aromatic heterocycles. The fourth-order valence-electron chi connectivity index (χ4n) is 1.62. The Kier molecular flexibility index (Phi) is 5.43. The summed E-state index contributed by atoms with van der Waals surface area (Å²) in [7, 11) is 1.50. The first kappa shape index (κ1) is 16.3. The van der Waals surface area contributed by atoms with Crippen molar-refractivity contribution in [2.24, 2.45) is 0 Å². The highest BCUT2D eigenvalue weighted by molar-refractivity contribution is 8.13. The molecule has 0 atom stereocenters. The molecule has 0 aliphatic carbocycles. The minimum Gasteiger partial charge on any atom is -0.483 e. The molecule has 0 aliphatic heterocycles. The molecule has 0 radical (unpaired) electrons. The van der Waals surface area contributed by atoms with E-state index in [1.807, 2.05) is 0 Å². The summed E-state index contributed by atoms with van der Waals surface area (Å²) in [6.07, 6.45) is 5.01. The van der Waals surface area contributed by atoms with Crippen LogP contribution in [0.4, 0.5) is 0 Å². The van der Waals surface area contributed by atoms with E-state index in [2.05, 4.69) is 11.2 Å². The molecule has 0 heterocycles. The molecule has 1 aromatic rings. The van der Waals surface area contributed by atoms with Gasteiger partial charge in [0.1, 0.15) is 5.75 Å². The molecule has 5 nitrogen and oxygen atoms in total. The van der Waals surface area contributed by atoms with Gasteiger partial charge in [0.25, 0.3) is 15.0 Å². The first-order valence-electron chi connectivity index (χ1n) is 5.64. The van der Waals surface area contributed by atoms with Crippen molar-refractivity contribution in [2.75, 3.05) is 13.2 Å². The molecule has 1 aromatic carbocycles. The second kappa shape index (κ2) is 6.64. The Morgan fingerprint density at radius 2 is 1.95 bits per heavy atom. The monoisotopic (exact) mass is 315 g/mol. The maximum absolute atomic E-state index is 11.4. The standard InChI is InChI=1S/C13H14ClNO4S/c1-4-5-15-12(16)8-19-13-9(2)6-11(7-10(13)3)20(14,17)18/h1,6-7H,5,8H2,2-3H3,(H,15,16). The number of nitrogens with one attached hydrogen (secondary N) is 1. The second-order valence-electron chi connectivity index (χ2n) is 4.09. The first-order chi connectivity index (χ1) is 9.25. The van der Waals surface area contributed by atoms with E-state index in [0.717, 1.165) is 0 Å². The number of halogens is 1. The van der Waals surface area contributed by atoms with E-state index in [0.29, 0.717) is 16.9 Å². The molecule has 0 aliphatic rings. The van der Waals surface area contributed by atoms with Crippen LogP contribution >= 0.6 is 10.7 Å². The number of ether oxygens (including phenoxy) is 1. The summed E-state index contributed by atoms with van der Waals surface area (Å²) in [6.45, 7) is 3.28. The fraction of sp³-hybridized carbons (Fsp3) is 0.308. The molecule has 1 rings (SSSR count). The van der Waals surface area contributed by atoms with E-state index in [9.17, 15) is 13.2 Å². The first-order valence-corrected chi connectivity index (χ1v) is 7.95. The summed E-state index contributed by atoms with van der Waals surface area (Å²) in [4.78, 5) is 11.4. The summed E-state index contributed by atoms with van der Waals surface area (Å²) < 4.78 is 27.9. The molecule has 1 N–H and O–H groups in total. The lowest BCUT2D eigenvalue weighted by atomic mass is 10.1. The van der Waals surface area contributed by atoms with Crippen LogP contribution in [0.15, 0.2) is 17.0 Å². The Bertz CT molecular complexity index is 638. The number of hydrogen-bond donors (Lipinski definition) is 1. The molecule has 0 unspecified atom stereocenters. The second-order valence-corrected chi connectivity index (χ2v) is 6.66. The number of carbonyl (C=O) groups is 1. The molecule has 0 saturated carbocycles. The van der Waals surface area contributed by atoms with Gasteiger partial charge in [-0.2, -0.15) is 0 Å². The van der Waals surface area contributed by atoms with E-state index in [1.165, 1.54) is 12.1 Å². The largest absolute Gasteiger partial charge is 0.483 e. The lowest BCUT2D eigenvalue weighted by molar-refractivity contribution is -0.122. The topological polar surface area (TPSA) is 72.5 Å². The lowest BCUT2D eigenvalue weighted by Crippen LogP contribution is -2.29. The van der Waals surface area contributed by atoms with Gasteiger partial charge in [0.2, 0.25) is 0 Å². The summed E-state index contributed by atoms with van der Waals surface area (Å²) in [5.74, 6) is 2.37. The summed E-state index contributed by atoms with van der Waals surface area (Å²) in [5.41, 5.74) is 1.16. The summed E-state index contributed by atoms with van der Waals surface area (Å²) >= 11 is 0. The van der Waals surface area contributed by atoms with Crippen molar-refractivity contribution in [3.05, 3.63) is 23.3 Å². The van der Waals surface area contributed by atoms with Gasteiger partial charge in [-0.25, -0.2) is 8.42 Å². The van der Waals surface area contributed by atoms with E-state index < -0.39 is 9.05 Å². The average Bonchev–Trinajstić information content (AvgIpc) is 2.34. The van der Waals surface area contributed by atoms with Crippen molar-refractivity contribution in [2.45, 2.75) is 18.7 Å². The van der Waals surface area contributed by atoms with Gasteiger partial charge in [0.15, 0.2) is 6.61 Å². The fourth-order valence-corrected chi connectivity index (χ4v) is 2.52. The molecule has 0 spiro atoms. The minimum absolute atomic E-state index is 0.00157. The van der Waals surface area contributed by atoms with E-state index in [1.54, 1.807) is 13.8 Å². The van der Waals surface area contributed by atoms with Gasteiger partial charge in [0.05, 0.1) is 11.4 Å². The smallest absolute Gasteiger partial charge is 0.261 e. The van der Waals surface area contributed by atoms with Gasteiger partial charge < -0.3 is 10.1 Å². The Labute approximate surface area is 122 Å². The number of rotatable bonds is 5. The molecule has 20 heavy (non-hydrogen) atoms. The van der Waals surface area contributed by atoms with Gasteiger partial charge in [-0.3, -0.25) is 4.79 Å². The summed E-state index contributed by atoms with van der Waals surface area (Å²) in [5, 5.41) is 2.46. The molecule has 7 heteroatoms. The van der Waals surface area contributed by atoms with Crippen molar-refractivity contribution in [1.82, 2.24) is 5.32 Å². The number of amides is 1. The number of terminal acetylenes is 1. The third kappa shape index (κ3) is 4.44. The zero-order valence-electron chi connectivity index (χ0n) is 11.1. The molecule has 0 saturated heterocycles. The van der Waals surface area contributed by atoms with Crippen LogP contribution < -0.4 is 10.1 Å². The Hall–Kier alpha value is -1.71. The van der Waals surface area contributed by atoms with Crippen molar-refractivity contribution in [3.8, 4) is 18.1 Å². The highest BCUT2D eigenvalue weighted by Gasteiger charge is 2.15. The van der Waals surface area contributed by atoms with E-state index >= 15 is 0 Å². The molecule has 108 valence electrons. The molecule has 0 fully saturated rings. The molecular formula is C13H14ClNO4S. The molecule has 0 bridgehead atoms. The zero-order chi connectivity index (χ0) is 15.3. The summed E-state index contributed by atoms with van der Waals surface area (Å²) in [6, 6.07) is 2.79. The van der Waals surface area contributed by atoms with Crippen molar-refractivity contribution >= 4 is 25.6 Å². The van der Waals surface area contributed by atoms with E-state index in [4.69, 9.17) is 21.8 Å². The van der Waals surface area contributed by atoms with Crippen LogP contribution in [-0.2, 0) is 13.8 Å². The van der Waals surface area contributed by atoms with Gasteiger partial charge in [-0.1, -0.05) is 5.92 Å². The van der Waals surface area contributed by atoms with Crippen LogP contribution in [0.5, 0.6) is 5.75 Å². The van der Waals surface area contributed by atoms with Crippen LogP contribution in [0.3, 0.4) is 0 Å². The third-order valence-corrected chi connectivity index (χ3v) is 3.78. The van der Waals surface area contributed by atoms with Crippen LogP contribution in [0.1, 0.15) is 11.1 Å². The van der Waals surface area contributed by atoms with Crippen molar-refractivity contribution < 1.29 is 17.9 Å². The Balaban J connectivity index is 2.88. The maximum atomic E-state index is 11.4. The number of carbonyl (C=O) groups excluding carboxylic acids is 1. The Morgan fingerprint density at radius 3 is 2.40 bits per heavy atom. The Morgan fingerprint density at radius 1 is 1.40 bits per heavy atom. The maximum Gasteiger partial charge on any atom is 0.261 e. The number of hydrogen-bond acceptors (Lipinski definition) is 4. The average molecular weight is 316 g/mol. The van der Waals surface area contributed by atoms with Gasteiger partial charge in [-0.15, -0.1) is 6.42 Å². The highest BCUT2D eigenvalue weighted by Crippen LogP contribution is 2.28. The van der Waals surface area contributed by atoms with E-state index in [-0.39, 0.29) is 24.0 Å². The van der Waals surface area contributed by atoms with Crippen LogP contribution in [-0.4, -0.2) is 27.5 Å². The number of aryl methyl sites for hydroxylation is 2. The van der Waals surface area contributed by atoms with Crippen LogP contribution in [0.25, 0.3) is 0 Å². The van der Waals surface area contributed by atoms with Gasteiger partial charge in [0, 0.05) is 10.7 Å². The quantitative estimate of drug-likeness (QED) is 0.658. The molecule has 1 amide bonds. The van der Waals surface area contributed by atoms with Crippen molar-refractivity contribution in [1.29, 1.82) is 0 Å². The normalized spacial score (nSPS) is 10.7. The minimum atomic E-state index is -3.79. The van der Waals surface area contributed by atoms with Crippen LogP contribution in [0.2, 0.25) is 0 Å². The van der Waals surface area contributed by atoms with Gasteiger partial charge in [-0.05, 0) is 37.1 Å². The van der Waals surface area contributed by atoms with Gasteiger partial charge >= 0.3 is 0 Å². The lowest BCUT2D eigenvalue weighted by Gasteiger charge is -2.12. The van der Waals surface area contributed by atoms with Crippen LogP contribution in [0, 0.1) is 26.2 Å². The third-order valence-electron chi connectivity index (χ3n) is 2.45. The highest BCUT2D eigenvalue weighted by atomic mass is 35.7. The zero-order valence-corrected chi connectivity index (χ0v) is 12.6. The molecular weight excluding hydrogens is 302 g/mol. The van der Waals surface area contributed by atoms with Crippen molar-refractivity contribution in [3.63, 3.8) is 0 Å². The number of benzene rings is 1. The SMILES string of the molecule is C#CCNC(=O)COc1c(C)cc(S(=O)(=O)Cl)cc1C. The predicted molar refractivity (Wildman–Crippen MR) is 76.3 cm³/mol. The predicted octanol–water partition coefficient (Wildman–Crippen LogP) is 1.36.